The van der Waals surface area contributed by atoms with Gasteiger partial charge in [0.15, 0.2) is 28.8 Å². The van der Waals surface area contributed by atoms with Crippen molar-refractivity contribution in [1.29, 1.82) is 0 Å². The lowest BCUT2D eigenvalue weighted by Gasteiger charge is -2.09. The van der Waals surface area contributed by atoms with Crippen LogP contribution in [0.15, 0.2) is 78.9 Å². The van der Waals surface area contributed by atoms with Crippen LogP contribution < -0.4 is 18.9 Å². The first-order valence-electron chi connectivity index (χ1n) is 12.7. The van der Waals surface area contributed by atoms with E-state index in [9.17, 15) is 19.8 Å². The van der Waals surface area contributed by atoms with Crippen molar-refractivity contribution in [2.24, 2.45) is 0 Å². The molecule has 0 aliphatic carbocycles. The number of carboxylic acids is 1. The molecule has 0 aliphatic rings. The van der Waals surface area contributed by atoms with Crippen LogP contribution in [0.1, 0.15) is 28.9 Å². The number of methoxy groups -OCH3 is 4. The lowest BCUT2D eigenvalue weighted by atomic mass is 10.0. The summed E-state index contributed by atoms with van der Waals surface area (Å²) < 4.78 is 20.4. The fourth-order valence-corrected chi connectivity index (χ4v) is 3.69. The van der Waals surface area contributed by atoms with Gasteiger partial charge in [-0.2, -0.15) is 0 Å². The van der Waals surface area contributed by atoms with Gasteiger partial charge in [-0.1, -0.05) is 25.6 Å². The first-order valence-corrected chi connectivity index (χ1v) is 12.7. The zero-order valence-electron chi connectivity index (χ0n) is 24.1. The van der Waals surface area contributed by atoms with E-state index in [1.165, 1.54) is 58.8 Å². The molecule has 11 heteroatoms. The third-order valence-corrected chi connectivity index (χ3v) is 5.73. The largest absolute Gasteiger partial charge is 0.508 e. The Balaban J connectivity index is 0.000000362. The van der Waals surface area contributed by atoms with Crippen molar-refractivity contribution < 1.29 is 54.1 Å². The third kappa shape index (κ3) is 11.4. The topological polar surface area (TPSA) is 172 Å². The predicted molar refractivity (Wildman–Crippen MR) is 165 cm³/mol. The average molecular weight is 611 g/mol. The Bertz CT molecular complexity index is 1500. The molecule has 11 nitrogen and oxygen atoms in total. The molecule has 4 aromatic rings. The minimum atomic E-state index is -0.864. The molecular formula is C33H38O11. The molecule has 0 aliphatic heterocycles. The number of phenolic OH excluding ortho intramolecular Hbond substituents is 4. The van der Waals surface area contributed by atoms with Crippen LogP contribution in [-0.2, 0) is 17.6 Å². The molecule has 0 heterocycles. The van der Waals surface area contributed by atoms with Gasteiger partial charge in [0.25, 0.3) is 0 Å². The van der Waals surface area contributed by atoms with E-state index < -0.39 is 5.97 Å². The number of aromatic hydroxyl groups is 4. The van der Waals surface area contributed by atoms with Crippen molar-refractivity contribution in [3.63, 3.8) is 0 Å². The Morgan fingerprint density at radius 3 is 1.41 bits per heavy atom. The van der Waals surface area contributed by atoms with E-state index in [4.69, 9.17) is 34.3 Å². The fraction of sp³-hybridized carbons (Fsp3) is 0.212. The number of carbonyl (C=O) groups is 2. The van der Waals surface area contributed by atoms with Gasteiger partial charge in [0.1, 0.15) is 23.0 Å². The first-order chi connectivity index (χ1) is 20.5. The number of hydrogen-bond acceptors (Lipinski definition) is 10. The van der Waals surface area contributed by atoms with Gasteiger partial charge < -0.3 is 44.5 Å². The van der Waals surface area contributed by atoms with Gasteiger partial charge >= 0.3 is 5.97 Å². The molecule has 44 heavy (non-hydrogen) atoms. The number of phenols is 4. The second-order valence-electron chi connectivity index (χ2n) is 8.77. The number of Topliss-reactive ketones (excluding diaryl/α,β-unsaturated/α-hetero) is 1. The normalized spacial score (nSPS) is 9.55. The van der Waals surface area contributed by atoms with E-state index in [1.807, 2.05) is 0 Å². The highest BCUT2D eigenvalue weighted by molar-refractivity contribution is 6.00. The highest BCUT2D eigenvalue weighted by Crippen LogP contribution is 2.30. The Morgan fingerprint density at radius 2 is 1.02 bits per heavy atom. The van der Waals surface area contributed by atoms with Gasteiger partial charge in [0.2, 0.25) is 0 Å². The highest BCUT2D eigenvalue weighted by atomic mass is 16.5. The Kier molecular flexibility index (Phi) is 15.0. The van der Waals surface area contributed by atoms with Gasteiger partial charge in [-0.3, -0.25) is 9.59 Å². The maximum absolute atomic E-state index is 12.2. The summed E-state index contributed by atoms with van der Waals surface area (Å²) in [6, 6.07) is 20.0. The summed E-state index contributed by atoms with van der Waals surface area (Å²) in [6.07, 6.45) is 0.0963. The Hall–Kier alpha value is -5.58. The van der Waals surface area contributed by atoms with Gasteiger partial charge in [0.05, 0.1) is 40.4 Å². The van der Waals surface area contributed by atoms with E-state index in [2.05, 4.69) is 0 Å². The van der Waals surface area contributed by atoms with Gasteiger partial charge in [0, 0.05) is 18.6 Å². The molecule has 236 valence electrons. The van der Waals surface area contributed by atoms with Crippen molar-refractivity contribution in [2.75, 3.05) is 28.4 Å². The summed E-state index contributed by atoms with van der Waals surface area (Å²) in [6.45, 7) is 0. The molecule has 0 saturated carbocycles. The van der Waals surface area contributed by atoms with E-state index in [-0.39, 0.29) is 54.6 Å². The van der Waals surface area contributed by atoms with E-state index in [1.54, 1.807) is 42.5 Å². The van der Waals surface area contributed by atoms with Gasteiger partial charge in [-0.15, -0.1) is 0 Å². The van der Waals surface area contributed by atoms with Crippen molar-refractivity contribution in [1.82, 2.24) is 0 Å². The number of hydrogen-bond donors (Lipinski definition) is 5. The lowest BCUT2D eigenvalue weighted by Crippen LogP contribution is -2.04. The molecule has 0 bridgehead atoms. The van der Waals surface area contributed by atoms with Crippen LogP contribution >= 0.6 is 0 Å². The zero-order valence-corrected chi connectivity index (χ0v) is 24.1. The van der Waals surface area contributed by atoms with Crippen molar-refractivity contribution in [3.05, 3.63) is 95.6 Å². The number of benzene rings is 4. The molecule has 0 fully saturated rings. The maximum Gasteiger partial charge on any atom is 0.307 e. The average Bonchev–Trinajstić information content (AvgIpc) is 2.97. The molecule has 0 atom stereocenters. The lowest BCUT2D eigenvalue weighted by molar-refractivity contribution is -0.136. The quantitative estimate of drug-likeness (QED) is 0.149. The third-order valence-electron chi connectivity index (χ3n) is 5.73. The highest BCUT2D eigenvalue weighted by Gasteiger charge is 2.14. The molecule has 0 unspecified atom stereocenters. The first kappa shape index (κ1) is 36.4. The minimum Gasteiger partial charge on any atom is -0.508 e. The second-order valence-corrected chi connectivity index (χ2v) is 8.77. The number of aliphatic carboxylic acids is 1. The number of carboxylic acid groups (broad SMARTS) is 1. The molecular weight excluding hydrogens is 572 g/mol. The van der Waals surface area contributed by atoms with Crippen molar-refractivity contribution in [3.8, 4) is 46.0 Å². The van der Waals surface area contributed by atoms with E-state index in [0.29, 0.717) is 28.6 Å². The SMILES string of the molecule is C.COc1ccc(CC(=O)O)cc1OC.COc1ccc(CC(=O)c2ccc(O)cc2O)cc1OC.Oc1cccc(O)c1. The molecule has 4 aromatic carbocycles. The fourth-order valence-electron chi connectivity index (χ4n) is 3.69. The van der Waals surface area contributed by atoms with Crippen LogP contribution in [0.2, 0.25) is 0 Å². The molecule has 0 spiro atoms. The summed E-state index contributed by atoms with van der Waals surface area (Å²) in [5.74, 6) is 1.01. The van der Waals surface area contributed by atoms with Gasteiger partial charge in [-0.05, 0) is 59.7 Å². The Morgan fingerprint density at radius 1 is 0.568 bits per heavy atom. The molecule has 0 saturated heterocycles. The smallest absolute Gasteiger partial charge is 0.307 e. The van der Waals surface area contributed by atoms with Crippen LogP contribution in [0, 0.1) is 0 Å². The summed E-state index contributed by atoms with van der Waals surface area (Å²) in [5, 5.41) is 44.8. The van der Waals surface area contributed by atoms with Gasteiger partial charge in [-0.25, -0.2) is 0 Å². The van der Waals surface area contributed by atoms with E-state index >= 15 is 0 Å². The van der Waals surface area contributed by atoms with Crippen LogP contribution in [0.3, 0.4) is 0 Å². The molecule has 0 radical (unpaired) electrons. The number of ether oxygens (including phenoxy) is 4. The monoisotopic (exact) mass is 610 g/mol. The predicted octanol–water partition coefficient (Wildman–Crippen LogP) is 5.61. The summed E-state index contributed by atoms with van der Waals surface area (Å²) in [4.78, 5) is 22.6. The zero-order chi connectivity index (χ0) is 31.9. The summed E-state index contributed by atoms with van der Waals surface area (Å²) in [7, 11) is 6.11. The minimum absolute atomic E-state index is 0. The van der Waals surface area contributed by atoms with Crippen LogP contribution in [-0.4, -0.2) is 65.7 Å². The maximum atomic E-state index is 12.2. The molecule has 0 aromatic heterocycles. The number of rotatable bonds is 9. The standard InChI is InChI=1S/C16H16O5.C10H12O4.C6H6O2.CH4/c1-20-15-6-3-10(8-16(15)21-2)7-13(18)12-5-4-11(17)9-14(12)19;1-13-8-4-3-7(6-10(11)12)5-9(8)14-2;7-5-2-1-3-6(8)4-5;/h3-6,8-9,17,19H,7H2,1-2H3;3-5H,6H2,1-2H3,(H,11,12);1-4,7-8H;1H4. The summed E-state index contributed by atoms with van der Waals surface area (Å²) >= 11 is 0. The number of carbonyl (C=O) groups excluding carboxylic acids is 1. The van der Waals surface area contributed by atoms with Crippen LogP contribution in [0.25, 0.3) is 0 Å². The molecule has 4 rings (SSSR count). The number of ketones is 1. The van der Waals surface area contributed by atoms with Crippen LogP contribution in [0.5, 0.6) is 46.0 Å². The van der Waals surface area contributed by atoms with Crippen LogP contribution in [0.4, 0.5) is 0 Å². The summed E-state index contributed by atoms with van der Waals surface area (Å²) in [5.41, 5.74) is 1.60. The molecule has 0 amide bonds. The Labute approximate surface area is 256 Å². The van der Waals surface area contributed by atoms with Crippen molar-refractivity contribution >= 4 is 11.8 Å². The second kappa shape index (κ2) is 18.1. The molecule has 5 N–H and O–H groups in total. The van der Waals surface area contributed by atoms with Crippen molar-refractivity contribution in [2.45, 2.75) is 20.3 Å². The van der Waals surface area contributed by atoms with E-state index in [0.717, 1.165) is 11.6 Å².